The number of nitrogens with zero attached hydrogens (tertiary/aromatic N) is 6. The van der Waals surface area contributed by atoms with E-state index < -0.39 is 0 Å². The zero-order valence-corrected chi connectivity index (χ0v) is 15.8. The fraction of sp³-hybridized carbons (Fsp3) is 0.200. The molecule has 0 saturated heterocycles. The smallest absolute Gasteiger partial charge is 0.258 e. The number of para-hydroxylation sites is 1. The summed E-state index contributed by atoms with van der Waals surface area (Å²) in [5.41, 5.74) is 2.11. The van der Waals surface area contributed by atoms with Crippen LogP contribution < -0.4 is 5.56 Å². The minimum absolute atomic E-state index is 0.0431. The maximum atomic E-state index is 12.8. The van der Waals surface area contributed by atoms with Crippen molar-refractivity contribution < 1.29 is 4.79 Å². The van der Waals surface area contributed by atoms with E-state index in [0.717, 1.165) is 11.3 Å². The summed E-state index contributed by atoms with van der Waals surface area (Å²) in [4.78, 5) is 33.9. The van der Waals surface area contributed by atoms with E-state index in [-0.39, 0.29) is 24.4 Å². The van der Waals surface area contributed by atoms with Gasteiger partial charge in [0.15, 0.2) is 0 Å². The number of hydrogen-bond acceptors (Lipinski definition) is 6. The molecule has 2 aromatic carbocycles. The number of likely N-dealkylation sites (N-methyl/N-ethyl adjacent to an activating group) is 1. The van der Waals surface area contributed by atoms with Gasteiger partial charge in [-0.05, 0) is 47.2 Å². The van der Waals surface area contributed by atoms with Crippen LogP contribution in [0.25, 0.3) is 16.6 Å². The number of carbonyl (C=O) groups excluding carboxylic acids is 1. The van der Waals surface area contributed by atoms with E-state index in [1.54, 1.807) is 27.8 Å². The zero-order chi connectivity index (χ0) is 20.2. The van der Waals surface area contributed by atoms with Gasteiger partial charge in [0, 0.05) is 6.54 Å². The first-order valence-corrected chi connectivity index (χ1v) is 9.22. The molecule has 0 atom stereocenters. The summed E-state index contributed by atoms with van der Waals surface area (Å²) in [5.74, 6) is 0.427. The summed E-state index contributed by atoms with van der Waals surface area (Å²) in [5, 5.41) is 11.6. The highest BCUT2D eigenvalue weighted by Gasteiger charge is 2.15. The summed E-state index contributed by atoms with van der Waals surface area (Å²) in [6, 6.07) is 14.6. The van der Waals surface area contributed by atoms with Crippen LogP contribution in [0.3, 0.4) is 0 Å². The van der Waals surface area contributed by atoms with Gasteiger partial charge in [-0.1, -0.05) is 24.3 Å². The number of amides is 1. The molecular formula is C20H19N7O2. The molecule has 0 radical (unpaired) electrons. The SMILES string of the molecule is CCN(Cc1nc2ccccc2c(=O)[nH]1)C(=O)Cc1ccc(-n2cnnn2)cc1. The molecule has 2 heterocycles. The molecule has 4 aromatic rings. The molecule has 9 heteroatoms. The first kappa shape index (κ1) is 18.5. The number of benzene rings is 2. The number of fused-ring (bicyclic) bond motifs is 1. The number of rotatable bonds is 6. The summed E-state index contributed by atoms with van der Waals surface area (Å²) in [7, 11) is 0. The molecule has 0 bridgehead atoms. The maximum absolute atomic E-state index is 12.8. The number of tetrazole rings is 1. The second-order valence-electron chi connectivity index (χ2n) is 6.54. The van der Waals surface area contributed by atoms with E-state index in [4.69, 9.17) is 0 Å². The Morgan fingerprint density at radius 3 is 2.66 bits per heavy atom. The normalized spacial score (nSPS) is 10.9. The van der Waals surface area contributed by atoms with Gasteiger partial charge in [0.2, 0.25) is 5.91 Å². The van der Waals surface area contributed by atoms with Gasteiger partial charge in [-0.25, -0.2) is 9.67 Å². The maximum Gasteiger partial charge on any atom is 0.258 e. The number of nitrogens with one attached hydrogen (secondary N) is 1. The van der Waals surface area contributed by atoms with Crippen LogP contribution in [0.15, 0.2) is 59.7 Å². The van der Waals surface area contributed by atoms with Gasteiger partial charge in [0.1, 0.15) is 12.2 Å². The first-order chi connectivity index (χ1) is 14.1. The number of H-pyrrole nitrogens is 1. The van der Waals surface area contributed by atoms with Gasteiger partial charge in [0.05, 0.1) is 29.6 Å². The van der Waals surface area contributed by atoms with Gasteiger partial charge in [-0.3, -0.25) is 9.59 Å². The Morgan fingerprint density at radius 2 is 1.93 bits per heavy atom. The highest BCUT2D eigenvalue weighted by molar-refractivity contribution is 5.79. The molecular weight excluding hydrogens is 370 g/mol. The predicted molar refractivity (Wildman–Crippen MR) is 106 cm³/mol. The fourth-order valence-corrected chi connectivity index (χ4v) is 3.10. The van der Waals surface area contributed by atoms with E-state index in [9.17, 15) is 9.59 Å². The van der Waals surface area contributed by atoms with E-state index >= 15 is 0 Å². The van der Waals surface area contributed by atoms with Gasteiger partial charge in [0.25, 0.3) is 5.56 Å². The highest BCUT2D eigenvalue weighted by Crippen LogP contribution is 2.11. The Hall–Kier alpha value is -3.88. The van der Waals surface area contributed by atoms with Crippen molar-refractivity contribution in [3.63, 3.8) is 0 Å². The molecule has 0 unspecified atom stereocenters. The molecule has 146 valence electrons. The van der Waals surface area contributed by atoms with Crippen molar-refractivity contribution in [3.05, 3.63) is 76.6 Å². The molecule has 29 heavy (non-hydrogen) atoms. The average molecular weight is 389 g/mol. The number of aromatic amines is 1. The lowest BCUT2D eigenvalue weighted by Gasteiger charge is -2.20. The Morgan fingerprint density at radius 1 is 1.14 bits per heavy atom. The van der Waals surface area contributed by atoms with Crippen molar-refractivity contribution in [1.29, 1.82) is 0 Å². The molecule has 4 rings (SSSR count). The van der Waals surface area contributed by atoms with Crippen LogP contribution in [0.5, 0.6) is 0 Å². The lowest BCUT2D eigenvalue weighted by atomic mass is 10.1. The Balaban J connectivity index is 1.48. The van der Waals surface area contributed by atoms with E-state index in [1.165, 1.54) is 6.33 Å². The van der Waals surface area contributed by atoms with E-state index in [2.05, 4.69) is 25.5 Å². The molecule has 0 aliphatic carbocycles. The van der Waals surface area contributed by atoms with Crippen molar-refractivity contribution in [2.45, 2.75) is 19.9 Å². The zero-order valence-electron chi connectivity index (χ0n) is 15.8. The van der Waals surface area contributed by atoms with Crippen LogP contribution in [0.2, 0.25) is 0 Å². The molecule has 1 N–H and O–H groups in total. The summed E-state index contributed by atoms with van der Waals surface area (Å²) in [6.07, 6.45) is 1.76. The van der Waals surface area contributed by atoms with Gasteiger partial charge in [-0.15, -0.1) is 5.10 Å². The van der Waals surface area contributed by atoms with Crippen LogP contribution in [-0.2, 0) is 17.8 Å². The van der Waals surface area contributed by atoms with Gasteiger partial charge < -0.3 is 9.88 Å². The molecule has 0 aliphatic rings. The second-order valence-corrected chi connectivity index (χ2v) is 6.54. The largest absolute Gasteiger partial charge is 0.335 e. The van der Waals surface area contributed by atoms with Crippen molar-refractivity contribution in [2.24, 2.45) is 0 Å². The van der Waals surface area contributed by atoms with Crippen molar-refractivity contribution >= 4 is 16.8 Å². The Labute approximate surface area is 166 Å². The first-order valence-electron chi connectivity index (χ1n) is 9.22. The topological polar surface area (TPSA) is 110 Å². The molecule has 0 fully saturated rings. The minimum Gasteiger partial charge on any atom is -0.335 e. The number of hydrogen-bond donors (Lipinski definition) is 1. The molecule has 0 saturated carbocycles. The standard InChI is InChI=1S/C20H19N7O2/c1-2-26(12-18-22-17-6-4-3-5-16(17)20(29)23-18)19(28)11-14-7-9-15(10-8-14)27-13-21-24-25-27/h3-10,13H,2,11-12H2,1H3,(H,22,23,29). The molecule has 1 amide bonds. The third-order valence-electron chi connectivity index (χ3n) is 4.64. The van der Waals surface area contributed by atoms with Crippen LogP contribution in [0.4, 0.5) is 0 Å². The Bertz CT molecular complexity index is 1180. The van der Waals surface area contributed by atoms with E-state index in [1.807, 2.05) is 37.3 Å². The van der Waals surface area contributed by atoms with Crippen LogP contribution in [0.1, 0.15) is 18.3 Å². The number of aromatic nitrogens is 6. The van der Waals surface area contributed by atoms with Crippen LogP contribution in [-0.4, -0.2) is 47.5 Å². The monoisotopic (exact) mass is 389 g/mol. The third-order valence-corrected chi connectivity index (χ3v) is 4.64. The Kier molecular flexibility index (Phi) is 5.10. The van der Waals surface area contributed by atoms with Crippen molar-refractivity contribution in [1.82, 2.24) is 35.1 Å². The van der Waals surface area contributed by atoms with Gasteiger partial charge >= 0.3 is 0 Å². The fourth-order valence-electron chi connectivity index (χ4n) is 3.10. The minimum atomic E-state index is -0.202. The van der Waals surface area contributed by atoms with Crippen molar-refractivity contribution in [3.8, 4) is 5.69 Å². The van der Waals surface area contributed by atoms with E-state index in [0.29, 0.717) is 23.3 Å². The highest BCUT2D eigenvalue weighted by atomic mass is 16.2. The van der Waals surface area contributed by atoms with Crippen LogP contribution in [0, 0.1) is 0 Å². The summed E-state index contributed by atoms with van der Waals surface area (Å²) in [6.45, 7) is 2.66. The quantitative estimate of drug-likeness (QED) is 0.535. The molecule has 9 nitrogen and oxygen atoms in total. The lowest BCUT2D eigenvalue weighted by molar-refractivity contribution is -0.131. The van der Waals surface area contributed by atoms with Gasteiger partial charge in [-0.2, -0.15) is 0 Å². The van der Waals surface area contributed by atoms with Crippen molar-refractivity contribution in [2.75, 3.05) is 6.54 Å². The molecule has 0 spiro atoms. The van der Waals surface area contributed by atoms with Crippen LogP contribution >= 0.6 is 0 Å². The number of carbonyl (C=O) groups is 1. The third kappa shape index (κ3) is 4.03. The second kappa shape index (κ2) is 8.01. The lowest BCUT2D eigenvalue weighted by Crippen LogP contribution is -2.33. The average Bonchev–Trinajstić information content (AvgIpc) is 3.27. The summed E-state index contributed by atoms with van der Waals surface area (Å²) >= 11 is 0. The summed E-state index contributed by atoms with van der Waals surface area (Å²) < 4.78 is 1.55. The molecule has 0 aliphatic heterocycles. The molecule has 2 aromatic heterocycles. The predicted octanol–water partition coefficient (Wildman–Crippen LogP) is 1.49.